The minimum atomic E-state index is -0.385. The standard InChI is InChI=1S/C30H24N2O5/c1-19-26(33)24-13-6-14-25(28(24)37-27(19)21-9-3-2-4-10-21)30(35)31-17-20-8-5-11-22(16-20)29(34)32-18-23-12-7-15-36-23/h2-16H,17-18H2,1H3,(H,31,35)(H,32,34). The van der Waals surface area contributed by atoms with Crippen molar-refractivity contribution in [1.82, 2.24) is 10.6 Å². The lowest BCUT2D eigenvalue weighted by Crippen LogP contribution is -2.25. The minimum absolute atomic E-state index is 0.178. The maximum Gasteiger partial charge on any atom is 0.255 e. The molecule has 0 aliphatic heterocycles. The molecule has 7 nitrogen and oxygen atoms in total. The Morgan fingerprint density at radius 1 is 0.811 bits per heavy atom. The number of amides is 2. The fraction of sp³-hybridized carbons (Fsp3) is 0.100. The van der Waals surface area contributed by atoms with Gasteiger partial charge in [-0.25, -0.2) is 0 Å². The number of carbonyl (C=O) groups is 2. The molecule has 3 aromatic carbocycles. The molecule has 0 aliphatic carbocycles. The highest BCUT2D eigenvalue weighted by atomic mass is 16.3. The Labute approximate surface area is 212 Å². The molecule has 2 amide bonds. The maximum atomic E-state index is 13.2. The summed E-state index contributed by atoms with van der Waals surface area (Å²) in [6, 6.07) is 24.8. The fourth-order valence-electron chi connectivity index (χ4n) is 4.14. The first-order valence-corrected chi connectivity index (χ1v) is 11.8. The lowest BCUT2D eigenvalue weighted by Gasteiger charge is -2.11. The normalized spacial score (nSPS) is 10.8. The number of furan rings is 1. The summed E-state index contributed by atoms with van der Waals surface area (Å²) in [5.74, 6) is 0.462. The third-order valence-corrected chi connectivity index (χ3v) is 6.07. The zero-order valence-corrected chi connectivity index (χ0v) is 20.1. The summed E-state index contributed by atoms with van der Waals surface area (Å²) in [4.78, 5) is 38.8. The van der Waals surface area contributed by atoms with Gasteiger partial charge in [-0.05, 0) is 48.9 Å². The number of para-hydroxylation sites is 1. The average molecular weight is 493 g/mol. The van der Waals surface area contributed by atoms with Crippen molar-refractivity contribution in [2.24, 2.45) is 0 Å². The molecule has 37 heavy (non-hydrogen) atoms. The second-order valence-electron chi connectivity index (χ2n) is 8.58. The van der Waals surface area contributed by atoms with E-state index >= 15 is 0 Å². The van der Waals surface area contributed by atoms with Gasteiger partial charge in [0.1, 0.15) is 11.5 Å². The van der Waals surface area contributed by atoms with Crippen LogP contribution in [0.2, 0.25) is 0 Å². The van der Waals surface area contributed by atoms with Gasteiger partial charge < -0.3 is 19.5 Å². The molecular weight excluding hydrogens is 468 g/mol. The van der Waals surface area contributed by atoms with Gasteiger partial charge >= 0.3 is 0 Å². The van der Waals surface area contributed by atoms with Crippen molar-refractivity contribution < 1.29 is 18.4 Å². The zero-order chi connectivity index (χ0) is 25.8. The third-order valence-electron chi connectivity index (χ3n) is 6.07. The van der Waals surface area contributed by atoms with Crippen LogP contribution in [0.5, 0.6) is 0 Å². The molecule has 2 aromatic heterocycles. The third kappa shape index (κ3) is 5.06. The van der Waals surface area contributed by atoms with E-state index in [-0.39, 0.29) is 41.5 Å². The van der Waals surface area contributed by atoms with Crippen molar-refractivity contribution in [1.29, 1.82) is 0 Å². The van der Waals surface area contributed by atoms with E-state index < -0.39 is 0 Å². The van der Waals surface area contributed by atoms with Crippen molar-refractivity contribution in [3.05, 3.63) is 129 Å². The molecule has 0 bridgehead atoms. The molecule has 0 spiro atoms. The quantitative estimate of drug-likeness (QED) is 0.324. The number of hydrogen-bond donors (Lipinski definition) is 2. The van der Waals surface area contributed by atoms with Crippen molar-refractivity contribution in [3.63, 3.8) is 0 Å². The molecule has 0 fully saturated rings. The molecule has 5 aromatic rings. The summed E-state index contributed by atoms with van der Waals surface area (Å²) in [7, 11) is 0. The van der Waals surface area contributed by atoms with E-state index in [0.717, 1.165) is 11.1 Å². The number of benzene rings is 3. The maximum absolute atomic E-state index is 13.2. The summed E-state index contributed by atoms with van der Waals surface area (Å²) in [6.07, 6.45) is 1.55. The van der Waals surface area contributed by atoms with E-state index in [9.17, 15) is 14.4 Å². The number of carbonyl (C=O) groups excluding carboxylic acids is 2. The van der Waals surface area contributed by atoms with Crippen LogP contribution in [0.15, 0.2) is 105 Å². The van der Waals surface area contributed by atoms with Crippen LogP contribution in [-0.2, 0) is 13.1 Å². The van der Waals surface area contributed by atoms with Gasteiger partial charge in [0.25, 0.3) is 11.8 Å². The van der Waals surface area contributed by atoms with Gasteiger partial charge in [-0.15, -0.1) is 0 Å². The van der Waals surface area contributed by atoms with E-state index in [2.05, 4.69) is 10.6 Å². The number of nitrogens with one attached hydrogen (secondary N) is 2. The van der Waals surface area contributed by atoms with E-state index in [0.29, 0.717) is 28.0 Å². The number of fused-ring (bicyclic) bond motifs is 1. The molecule has 2 heterocycles. The second-order valence-corrected chi connectivity index (χ2v) is 8.58. The first-order chi connectivity index (χ1) is 18.0. The Morgan fingerprint density at radius 3 is 2.38 bits per heavy atom. The van der Waals surface area contributed by atoms with Crippen molar-refractivity contribution in [3.8, 4) is 11.3 Å². The summed E-state index contributed by atoms with van der Waals surface area (Å²) in [6.45, 7) is 2.19. The highest BCUT2D eigenvalue weighted by molar-refractivity contribution is 6.05. The predicted octanol–water partition coefficient (Wildman–Crippen LogP) is 5.22. The molecule has 0 aliphatic rings. The van der Waals surface area contributed by atoms with Gasteiger partial charge in [0.15, 0.2) is 11.0 Å². The topological polar surface area (TPSA) is 102 Å². The van der Waals surface area contributed by atoms with Gasteiger partial charge in [-0.1, -0.05) is 48.5 Å². The smallest absolute Gasteiger partial charge is 0.255 e. The summed E-state index contributed by atoms with van der Waals surface area (Å²) in [5, 5.41) is 6.03. The van der Waals surface area contributed by atoms with E-state index in [4.69, 9.17) is 8.83 Å². The molecule has 0 saturated carbocycles. The van der Waals surface area contributed by atoms with Crippen LogP contribution in [-0.4, -0.2) is 11.8 Å². The molecule has 184 valence electrons. The van der Waals surface area contributed by atoms with E-state index in [1.165, 1.54) is 0 Å². The highest BCUT2D eigenvalue weighted by Crippen LogP contribution is 2.27. The van der Waals surface area contributed by atoms with Crippen molar-refractivity contribution in [2.45, 2.75) is 20.0 Å². The first-order valence-electron chi connectivity index (χ1n) is 11.8. The van der Waals surface area contributed by atoms with Crippen LogP contribution in [0.3, 0.4) is 0 Å². The predicted molar refractivity (Wildman–Crippen MR) is 140 cm³/mol. The zero-order valence-electron chi connectivity index (χ0n) is 20.1. The average Bonchev–Trinajstić information content (AvgIpc) is 3.46. The Morgan fingerprint density at radius 2 is 1.59 bits per heavy atom. The van der Waals surface area contributed by atoms with Gasteiger partial charge in [0, 0.05) is 23.2 Å². The Bertz CT molecular complexity index is 1640. The molecular formula is C30H24N2O5. The summed E-state index contributed by atoms with van der Waals surface area (Å²) >= 11 is 0. The van der Waals surface area contributed by atoms with Crippen LogP contribution < -0.4 is 16.1 Å². The van der Waals surface area contributed by atoms with Gasteiger partial charge in [-0.3, -0.25) is 14.4 Å². The minimum Gasteiger partial charge on any atom is -0.467 e. The van der Waals surface area contributed by atoms with Crippen LogP contribution in [0.25, 0.3) is 22.3 Å². The van der Waals surface area contributed by atoms with E-state index in [1.807, 2.05) is 36.4 Å². The fourth-order valence-corrected chi connectivity index (χ4v) is 4.14. The molecule has 5 rings (SSSR count). The molecule has 0 unspecified atom stereocenters. The van der Waals surface area contributed by atoms with Crippen LogP contribution >= 0.6 is 0 Å². The largest absolute Gasteiger partial charge is 0.467 e. The number of hydrogen-bond acceptors (Lipinski definition) is 5. The highest BCUT2D eigenvalue weighted by Gasteiger charge is 2.18. The van der Waals surface area contributed by atoms with Crippen LogP contribution in [0.1, 0.15) is 37.6 Å². The molecule has 2 N–H and O–H groups in total. The van der Waals surface area contributed by atoms with Gasteiger partial charge in [0.2, 0.25) is 0 Å². The molecule has 0 atom stereocenters. The number of rotatable bonds is 7. The Kier molecular flexibility index (Phi) is 6.68. The van der Waals surface area contributed by atoms with Crippen molar-refractivity contribution >= 4 is 22.8 Å². The molecule has 0 saturated heterocycles. The molecule has 7 heteroatoms. The Hall–Kier alpha value is -4.91. The monoisotopic (exact) mass is 492 g/mol. The lowest BCUT2D eigenvalue weighted by atomic mass is 10.0. The summed E-state index contributed by atoms with van der Waals surface area (Å²) < 4.78 is 11.4. The van der Waals surface area contributed by atoms with Gasteiger partial charge in [-0.2, -0.15) is 0 Å². The Balaban J connectivity index is 1.36. The summed E-state index contributed by atoms with van der Waals surface area (Å²) in [5.41, 5.74) is 2.79. The second kappa shape index (κ2) is 10.4. The first kappa shape index (κ1) is 23.8. The van der Waals surface area contributed by atoms with Crippen LogP contribution in [0, 0.1) is 6.92 Å². The van der Waals surface area contributed by atoms with Crippen LogP contribution in [0.4, 0.5) is 0 Å². The van der Waals surface area contributed by atoms with Gasteiger partial charge in [0.05, 0.1) is 23.8 Å². The lowest BCUT2D eigenvalue weighted by molar-refractivity contribution is 0.0943. The van der Waals surface area contributed by atoms with E-state index in [1.54, 1.807) is 61.7 Å². The SMILES string of the molecule is Cc1c(-c2ccccc2)oc2c(C(=O)NCc3cccc(C(=O)NCc4ccco4)c3)cccc2c1=O. The molecule has 0 radical (unpaired) electrons. The van der Waals surface area contributed by atoms with Crippen molar-refractivity contribution in [2.75, 3.05) is 0 Å².